The molecule has 1 saturated heterocycles. The Bertz CT molecular complexity index is 1100. The number of rotatable bonds is 6. The number of carbonyl (C=O) groups excluding carboxylic acids is 1. The topological polar surface area (TPSA) is 85.2 Å². The Labute approximate surface area is 186 Å². The van der Waals surface area contributed by atoms with E-state index in [0.29, 0.717) is 30.6 Å². The molecule has 1 aromatic carbocycles. The number of fused-ring (bicyclic) bond motifs is 1. The number of anilines is 1. The molecule has 0 bridgehead atoms. The Hall–Kier alpha value is -2.86. The lowest BCUT2D eigenvalue weighted by atomic mass is 10.1. The largest absolute Gasteiger partial charge is 0.416 e. The van der Waals surface area contributed by atoms with Crippen molar-refractivity contribution in [1.29, 1.82) is 0 Å². The number of hydrogen-bond donors (Lipinski definition) is 1. The first kappa shape index (κ1) is 22.3. The van der Waals surface area contributed by atoms with Crippen LogP contribution in [-0.4, -0.2) is 64.8 Å². The number of alkyl halides is 3. The molecule has 3 heterocycles. The highest BCUT2D eigenvalue weighted by Gasteiger charge is 2.30. The molecule has 1 amide bonds. The second-order valence-corrected chi connectivity index (χ2v) is 7.84. The van der Waals surface area contributed by atoms with Gasteiger partial charge >= 0.3 is 6.18 Å². The van der Waals surface area contributed by atoms with Crippen LogP contribution in [0.15, 0.2) is 35.6 Å². The number of halogens is 3. The Morgan fingerprint density at radius 3 is 2.56 bits per heavy atom. The molecule has 3 aromatic rings. The summed E-state index contributed by atoms with van der Waals surface area (Å²) >= 11 is 1.43. The van der Waals surface area contributed by atoms with Gasteiger partial charge in [-0.05, 0) is 30.5 Å². The van der Waals surface area contributed by atoms with E-state index in [1.165, 1.54) is 11.8 Å². The summed E-state index contributed by atoms with van der Waals surface area (Å²) in [4.78, 5) is 23.7. The molecule has 32 heavy (non-hydrogen) atoms. The molecule has 0 aliphatic carbocycles. The number of nitrogens with one attached hydrogen (secondary N) is 1. The molecule has 1 N–H and O–H groups in total. The molecular weight excluding hydrogens is 445 g/mol. The van der Waals surface area contributed by atoms with Gasteiger partial charge in [0, 0.05) is 25.2 Å². The van der Waals surface area contributed by atoms with Crippen LogP contribution in [0.25, 0.3) is 11.0 Å². The van der Waals surface area contributed by atoms with Gasteiger partial charge in [0.15, 0.2) is 10.8 Å². The Morgan fingerprint density at radius 2 is 1.91 bits per heavy atom. The zero-order valence-corrected chi connectivity index (χ0v) is 18.0. The van der Waals surface area contributed by atoms with Crippen molar-refractivity contribution in [1.82, 2.24) is 25.1 Å². The van der Waals surface area contributed by atoms with Gasteiger partial charge in [0.25, 0.3) is 5.91 Å². The highest BCUT2D eigenvalue weighted by molar-refractivity contribution is 7.98. The van der Waals surface area contributed by atoms with E-state index in [1.54, 1.807) is 10.9 Å². The number of thioether (sulfide) groups is 1. The van der Waals surface area contributed by atoms with Crippen LogP contribution in [0.5, 0.6) is 0 Å². The lowest BCUT2D eigenvalue weighted by Crippen LogP contribution is -2.37. The van der Waals surface area contributed by atoms with E-state index in [2.05, 4.69) is 25.3 Å². The number of aromatic nitrogens is 4. The van der Waals surface area contributed by atoms with Crippen LogP contribution in [0.1, 0.15) is 15.9 Å². The van der Waals surface area contributed by atoms with Crippen LogP contribution in [0.2, 0.25) is 0 Å². The molecule has 0 unspecified atom stereocenters. The van der Waals surface area contributed by atoms with Crippen molar-refractivity contribution in [2.75, 3.05) is 44.0 Å². The van der Waals surface area contributed by atoms with Crippen LogP contribution >= 0.6 is 11.8 Å². The van der Waals surface area contributed by atoms with E-state index >= 15 is 0 Å². The fraction of sp³-hybridized carbons (Fsp3) is 0.400. The maximum atomic E-state index is 12.7. The smallest absolute Gasteiger partial charge is 0.378 e. The lowest BCUT2D eigenvalue weighted by Gasteiger charge is -2.28. The summed E-state index contributed by atoms with van der Waals surface area (Å²) in [6.07, 6.45) is -0.828. The van der Waals surface area contributed by atoms with Gasteiger partial charge in [0.05, 0.1) is 36.9 Å². The third-order valence-corrected chi connectivity index (χ3v) is 5.58. The fourth-order valence-electron chi connectivity index (χ4n) is 3.38. The molecule has 2 aromatic heterocycles. The molecule has 0 spiro atoms. The standard InChI is InChI=1S/C20H21F3N6O2S/c1-32-19-26-16(28-8-10-31-11-9-28)15-12-25-29(17(15)27-19)7-6-24-18(30)13-2-4-14(5-3-13)20(21,22)23/h2-5,12H,6-11H2,1H3,(H,24,30). The summed E-state index contributed by atoms with van der Waals surface area (Å²) in [6.45, 7) is 3.31. The minimum absolute atomic E-state index is 0.157. The Morgan fingerprint density at radius 1 is 1.19 bits per heavy atom. The highest BCUT2D eigenvalue weighted by Crippen LogP contribution is 2.29. The summed E-state index contributed by atoms with van der Waals surface area (Å²) in [7, 11) is 0. The minimum Gasteiger partial charge on any atom is -0.378 e. The quantitative estimate of drug-likeness (QED) is 0.442. The van der Waals surface area contributed by atoms with Gasteiger partial charge in [-0.15, -0.1) is 0 Å². The first-order valence-corrected chi connectivity index (χ1v) is 11.1. The monoisotopic (exact) mass is 466 g/mol. The zero-order valence-electron chi connectivity index (χ0n) is 17.2. The number of carbonyl (C=O) groups is 1. The average Bonchev–Trinajstić information content (AvgIpc) is 3.21. The van der Waals surface area contributed by atoms with Crippen molar-refractivity contribution in [3.8, 4) is 0 Å². The van der Waals surface area contributed by atoms with Crippen molar-refractivity contribution in [2.24, 2.45) is 0 Å². The first-order valence-electron chi connectivity index (χ1n) is 9.92. The number of benzene rings is 1. The van der Waals surface area contributed by atoms with Crippen molar-refractivity contribution < 1.29 is 22.7 Å². The van der Waals surface area contributed by atoms with Crippen LogP contribution in [0.4, 0.5) is 19.0 Å². The number of morpholine rings is 1. The van der Waals surface area contributed by atoms with E-state index in [4.69, 9.17) is 4.74 Å². The zero-order chi connectivity index (χ0) is 22.7. The molecule has 8 nitrogen and oxygen atoms in total. The SMILES string of the molecule is CSc1nc(N2CCOCC2)c2cnn(CCNC(=O)c3ccc(C(F)(F)F)cc3)c2n1. The van der Waals surface area contributed by atoms with Crippen LogP contribution in [-0.2, 0) is 17.5 Å². The maximum Gasteiger partial charge on any atom is 0.416 e. The summed E-state index contributed by atoms with van der Waals surface area (Å²) in [6, 6.07) is 4.11. The van der Waals surface area contributed by atoms with Gasteiger partial charge in [-0.2, -0.15) is 18.3 Å². The normalized spacial score (nSPS) is 14.7. The summed E-state index contributed by atoms with van der Waals surface area (Å²) in [5.74, 6) is 0.353. The maximum absolute atomic E-state index is 12.7. The number of ether oxygens (including phenoxy) is 1. The van der Waals surface area contributed by atoms with Gasteiger partial charge in [-0.3, -0.25) is 4.79 Å². The molecule has 170 valence electrons. The molecule has 12 heteroatoms. The molecule has 0 radical (unpaired) electrons. The van der Waals surface area contributed by atoms with Gasteiger partial charge in [0.2, 0.25) is 0 Å². The Balaban J connectivity index is 1.46. The van der Waals surface area contributed by atoms with Gasteiger partial charge in [-0.1, -0.05) is 11.8 Å². The van der Waals surface area contributed by atoms with E-state index in [0.717, 1.165) is 48.6 Å². The van der Waals surface area contributed by atoms with Gasteiger partial charge in [0.1, 0.15) is 5.82 Å². The average molecular weight is 466 g/mol. The third-order valence-electron chi connectivity index (χ3n) is 5.03. The lowest BCUT2D eigenvalue weighted by molar-refractivity contribution is -0.137. The molecule has 1 aliphatic heterocycles. The van der Waals surface area contributed by atoms with E-state index in [-0.39, 0.29) is 12.1 Å². The van der Waals surface area contributed by atoms with Crippen LogP contribution in [0.3, 0.4) is 0 Å². The number of hydrogen-bond acceptors (Lipinski definition) is 7. The minimum atomic E-state index is -4.44. The summed E-state index contributed by atoms with van der Waals surface area (Å²) < 4.78 is 45.1. The molecule has 1 fully saturated rings. The predicted octanol–water partition coefficient (Wildman–Crippen LogP) is 2.83. The van der Waals surface area contributed by atoms with E-state index in [9.17, 15) is 18.0 Å². The summed E-state index contributed by atoms with van der Waals surface area (Å²) in [5.41, 5.74) is 0.0250. The summed E-state index contributed by atoms with van der Waals surface area (Å²) in [5, 5.41) is 8.55. The molecule has 4 rings (SSSR count). The van der Waals surface area contributed by atoms with Crippen molar-refractivity contribution in [3.63, 3.8) is 0 Å². The van der Waals surface area contributed by atoms with E-state index < -0.39 is 17.6 Å². The third kappa shape index (κ3) is 4.80. The number of nitrogens with zero attached hydrogens (tertiary/aromatic N) is 5. The van der Waals surface area contributed by atoms with Crippen molar-refractivity contribution in [2.45, 2.75) is 17.9 Å². The Kier molecular flexibility index (Phi) is 6.51. The van der Waals surface area contributed by atoms with Crippen molar-refractivity contribution >= 4 is 34.5 Å². The predicted molar refractivity (Wildman–Crippen MR) is 114 cm³/mol. The molecule has 1 aliphatic rings. The van der Waals surface area contributed by atoms with Gasteiger partial charge < -0.3 is 15.0 Å². The molecule has 0 saturated carbocycles. The molecular formula is C20H21F3N6O2S. The first-order chi connectivity index (χ1) is 15.4. The van der Waals surface area contributed by atoms with Crippen LogP contribution in [0, 0.1) is 0 Å². The second-order valence-electron chi connectivity index (χ2n) is 7.07. The van der Waals surface area contributed by atoms with Crippen molar-refractivity contribution in [3.05, 3.63) is 41.6 Å². The highest BCUT2D eigenvalue weighted by atomic mass is 32.2. The fourth-order valence-corrected chi connectivity index (χ4v) is 3.74. The van der Waals surface area contributed by atoms with Gasteiger partial charge in [-0.25, -0.2) is 14.6 Å². The number of amides is 1. The molecule has 0 atom stereocenters. The van der Waals surface area contributed by atoms with Crippen LogP contribution < -0.4 is 10.2 Å². The second kappa shape index (κ2) is 9.33. The van der Waals surface area contributed by atoms with E-state index in [1.807, 2.05) is 6.26 Å².